The molecule has 3 heterocycles. The lowest BCUT2D eigenvalue weighted by atomic mass is 9.96. The van der Waals surface area contributed by atoms with Gasteiger partial charge in [-0.15, -0.1) is 0 Å². The van der Waals surface area contributed by atoms with Crippen LogP contribution in [0.4, 0.5) is 0 Å². The van der Waals surface area contributed by atoms with E-state index in [2.05, 4.69) is 43.5 Å². The fourth-order valence-electron chi connectivity index (χ4n) is 11.4. The van der Waals surface area contributed by atoms with Crippen LogP contribution in [0.2, 0.25) is 0 Å². The number of unbranched alkanes of at least 4 members (excludes halogenated alkanes) is 31. The molecule has 19 heteroatoms. The number of rotatable bonds is 51. The molecule has 3 saturated heterocycles. The fraction of sp³-hybridized carbons (Fsp3) is 0.894. The highest BCUT2D eigenvalue weighted by molar-refractivity contribution is 5.76. The summed E-state index contributed by atoms with van der Waals surface area (Å²) in [5, 5.41) is 120. The number of ether oxygens (including phenoxy) is 6. The second-order valence-electron chi connectivity index (χ2n) is 24.3. The van der Waals surface area contributed by atoms with Crippen molar-refractivity contribution in [2.24, 2.45) is 0 Å². The molecule has 3 aliphatic heterocycles. The highest BCUT2D eigenvalue weighted by Gasteiger charge is 2.53. The predicted octanol–water partition coefficient (Wildman–Crippen LogP) is 8.05. The van der Waals surface area contributed by atoms with E-state index in [1.807, 2.05) is 6.08 Å². The third-order valence-corrected chi connectivity index (χ3v) is 16.9. The minimum Gasteiger partial charge on any atom is -0.394 e. The van der Waals surface area contributed by atoms with Gasteiger partial charge in [0.2, 0.25) is 5.91 Å². The maximum atomic E-state index is 13.4. The van der Waals surface area contributed by atoms with Gasteiger partial charge >= 0.3 is 0 Å². The van der Waals surface area contributed by atoms with Crippen molar-refractivity contribution in [2.75, 3.05) is 26.4 Å². The van der Waals surface area contributed by atoms with Crippen molar-refractivity contribution in [3.8, 4) is 0 Å². The fourth-order valence-corrected chi connectivity index (χ4v) is 11.4. The van der Waals surface area contributed by atoms with Crippen molar-refractivity contribution in [2.45, 2.75) is 349 Å². The van der Waals surface area contributed by atoms with Gasteiger partial charge < -0.3 is 89.9 Å². The number of aliphatic hydroxyl groups is 11. The van der Waals surface area contributed by atoms with Gasteiger partial charge in [0.05, 0.1) is 38.6 Å². The van der Waals surface area contributed by atoms with Gasteiger partial charge in [0, 0.05) is 6.42 Å². The quantitative estimate of drug-likeness (QED) is 0.0202. The van der Waals surface area contributed by atoms with E-state index in [9.17, 15) is 61.0 Å². The van der Waals surface area contributed by atoms with E-state index in [-0.39, 0.29) is 18.9 Å². The predicted molar refractivity (Wildman–Crippen MR) is 328 cm³/mol. The smallest absolute Gasteiger partial charge is 0.220 e. The van der Waals surface area contributed by atoms with Crippen LogP contribution >= 0.6 is 0 Å². The number of carbonyl (C=O) groups is 1. The first-order chi connectivity index (χ1) is 41.3. The summed E-state index contributed by atoms with van der Waals surface area (Å²) in [7, 11) is 0. The lowest BCUT2D eigenvalue weighted by molar-refractivity contribution is -0.379. The zero-order valence-corrected chi connectivity index (χ0v) is 52.3. The van der Waals surface area contributed by atoms with Crippen molar-refractivity contribution in [3.63, 3.8) is 0 Å². The van der Waals surface area contributed by atoms with Gasteiger partial charge in [-0.2, -0.15) is 0 Å². The Morgan fingerprint density at radius 3 is 1.18 bits per heavy atom. The van der Waals surface area contributed by atoms with E-state index in [4.69, 9.17) is 28.4 Å². The van der Waals surface area contributed by atoms with Crippen molar-refractivity contribution in [1.82, 2.24) is 5.32 Å². The molecular formula is C66H121NO18. The summed E-state index contributed by atoms with van der Waals surface area (Å²) in [6, 6.07) is -0.992. The van der Waals surface area contributed by atoms with E-state index >= 15 is 0 Å². The first-order valence-corrected chi connectivity index (χ1v) is 33.7. The molecule has 0 aromatic rings. The molecule has 3 rings (SSSR count). The Labute approximate surface area is 511 Å². The largest absolute Gasteiger partial charge is 0.394 e. The van der Waals surface area contributed by atoms with Gasteiger partial charge in [0.1, 0.15) is 73.2 Å². The second-order valence-corrected chi connectivity index (χ2v) is 24.3. The standard InChI is InChI=1S/C66H121NO18/c1-3-5-7-9-11-13-15-17-19-21-23-24-25-26-27-29-31-33-35-37-39-41-43-50(71)49(67-54(72)44-42-40-38-36-34-32-30-28-22-20-18-16-14-12-10-8-6-4-2)48-80-64-60(78)57(75)62(52(46-69)82-64)85-66-61(79)58(76)63(53(47-70)83-66)84-65-59(77)56(74)55(73)51(45-68)81-65/h20,22,33,35,41,43,49-53,55-66,68-71,73-79H,3-19,21,23-32,34,36-40,42,44-48H2,1-2H3,(H,67,72)/b22-20-,35-33+,43-41+. The maximum Gasteiger partial charge on any atom is 0.220 e. The average molecular weight is 1220 g/mol. The Kier molecular flexibility index (Phi) is 44.4. The van der Waals surface area contributed by atoms with Crippen LogP contribution in [0.3, 0.4) is 0 Å². The van der Waals surface area contributed by atoms with Gasteiger partial charge in [0.15, 0.2) is 18.9 Å². The minimum atomic E-state index is -1.98. The highest BCUT2D eigenvalue weighted by atomic mass is 16.8. The number of hydrogen-bond donors (Lipinski definition) is 12. The van der Waals surface area contributed by atoms with Gasteiger partial charge in [-0.1, -0.05) is 217 Å². The third-order valence-electron chi connectivity index (χ3n) is 16.9. The van der Waals surface area contributed by atoms with Crippen molar-refractivity contribution in [3.05, 3.63) is 36.5 Å². The number of carbonyl (C=O) groups excluding carboxylic acids is 1. The molecule has 3 aliphatic rings. The van der Waals surface area contributed by atoms with Crippen LogP contribution in [0.5, 0.6) is 0 Å². The molecule has 12 N–H and O–H groups in total. The first-order valence-electron chi connectivity index (χ1n) is 33.7. The zero-order valence-electron chi connectivity index (χ0n) is 52.3. The van der Waals surface area contributed by atoms with Gasteiger partial charge in [0.25, 0.3) is 0 Å². The molecular weight excluding hydrogens is 1090 g/mol. The first kappa shape index (κ1) is 77.3. The lowest BCUT2D eigenvalue weighted by Gasteiger charge is -2.48. The molecule has 0 aliphatic carbocycles. The van der Waals surface area contributed by atoms with Crippen LogP contribution < -0.4 is 5.32 Å². The Hall–Kier alpha value is -1.99. The molecule has 17 unspecified atom stereocenters. The molecule has 17 atom stereocenters. The van der Waals surface area contributed by atoms with E-state index in [0.717, 1.165) is 51.4 Å². The Balaban J connectivity index is 1.48. The summed E-state index contributed by atoms with van der Waals surface area (Å²) >= 11 is 0. The van der Waals surface area contributed by atoms with E-state index in [1.54, 1.807) is 6.08 Å². The molecule has 0 aromatic heterocycles. The van der Waals surface area contributed by atoms with Crippen LogP contribution in [0, 0.1) is 0 Å². The topological polar surface area (TPSA) is 307 Å². The number of nitrogens with one attached hydrogen (secondary N) is 1. The number of hydrogen-bond acceptors (Lipinski definition) is 18. The summed E-state index contributed by atoms with van der Waals surface area (Å²) < 4.78 is 34.3. The summed E-state index contributed by atoms with van der Waals surface area (Å²) in [5.41, 5.74) is 0. The summed E-state index contributed by atoms with van der Waals surface area (Å²) in [4.78, 5) is 13.4. The normalized spacial score (nSPS) is 29.2. The maximum absolute atomic E-state index is 13.4. The van der Waals surface area contributed by atoms with Crippen LogP contribution in [0.15, 0.2) is 36.5 Å². The van der Waals surface area contributed by atoms with E-state index in [1.165, 1.54) is 161 Å². The monoisotopic (exact) mass is 1220 g/mol. The van der Waals surface area contributed by atoms with Crippen LogP contribution in [0.25, 0.3) is 0 Å². The highest BCUT2D eigenvalue weighted by Crippen LogP contribution is 2.33. The van der Waals surface area contributed by atoms with Crippen molar-refractivity contribution >= 4 is 5.91 Å². The molecule has 498 valence electrons. The van der Waals surface area contributed by atoms with E-state index in [0.29, 0.717) is 12.8 Å². The Bertz CT molecular complexity index is 1690. The molecule has 0 bridgehead atoms. The van der Waals surface area contributed by atoms with Gasteiger partial charge in [-0.05, 0) is 57.8 Å². The molecule has 3 fully saturated rings. The summed E-state index contributed by atoms with van der Waals surface area (Å²) in [6.45, 7) is 1.72. The van der Waals surface area contributed by atoms with E-state index < -0.39 is 124 Å². The minimum absolute atomic E-state index is 0.231. The average Bonchev–Trinajstić information content (AvgIpc) is 3.07. The van der Waals surface area contributed by atoms with Crippen LogP contribution in [0.1, 0.15) is 245 Å². The van der Waals surface area contributed by atoms with Crippen LogP contribution in [-0.4, -0.2) is 193 Å². The second kappa shape index (κ2) is 48.8. The molecule has 0 aromatic carbocycles. The zero-order chi connectivity index (χ0) is 61.9. The molecule has 1 amide bonds. The number of allylic oxidation sites excluding steroid dienone is 5. The number of aliphatic hydroxyl groups excluding tert-OH is 11. The van der Waals surface area contributed by atoms with Crippen molar-refractivity contribution in [1.29, 1.82) is 0 Å². The molecule has 85 heavy (non-hydrogen) atoms. The Morgan fingerprint density at radius 1 is 0.412 bits per heavy atom. The molecule has 0 saturated carbocycles. The summed E-state index contributed by atoms with van der Waals surface area (Å²) in [5.74, 6) is -0.288. The molecule has 0 radical (unpaired) electrons. The SMILES string of the molecule is CCCCCCCCC/C=C\CCCCCCCCCC(=O)NC(COC1OC(CO)C(OC2OC(CO)C(OC3OC(CO)C(O)C(O)C3O)C(O)C2O)C(O)C1O)C(O)/C=C/CC/C=C/CCCCCCCCCCCCCCCCCC. The lowest BCUT2D eigenvalue weighted by Crippen LogP contribution is -2.66. The van der Waals surface area contributed by atoms with Crippen molar-refractivity contribution < 1.29 is 89.4 Å². The van der Waals surface area contributed by atoms with Gasteiger partial charge in [-0.25, -0.2) is 0 Å². The molecule has 19 nitrogen and oxygen atoms in total. The Morgan fingerprint density at radius 2 is 0.753 bits per heavy atom. The number of amides is 1. The van der Waals surface area contributed by atoms with Crippen LogP contribution in [-0.2, 0) is 33.2 Å². The molecule has 0 spiro atoms. The van der Waals surface area contributed by atoms with Gasteiger partial charge in [-0.3, -0.25) is 4.79 Å². The summed E-state index contributed by atoms with van der Waals surface area (Å²) in [6.07, 6.45) is 28.3. The third kappa shape index (κ3) is 31.5.